The number of halogens is 1. The van der Waals surface area contributed by atoms with Crippen molar-refractivity contribution in [1.82, 2.24) is 19.8 Å². The molecule has 1 fully saturated rings. The van der Waals surface area contributed by atoms with E-state index in [9.17, 15) is 9.59 Å². The van der Waals surface area contributed by atoms with Gasteiger partial charge in [-0.05, 0) is 42.7 Å². The normalized spacial score (nSPS) is 14.3. The quantitative estimate of drug-likeness (QED) is 0.535. The fourth-order valence-corrected chi connectivity index (χ4v) is 4.54. The third-order valence-corrected chi connectivity index (χ3v) is 6.44. The number of rotatable bonds is 8. The number of para-hydroxylation sites is 2. The lowest BCUT2D eigenvalue weighted by atomic mass is 10.1. The first-order chi connectivity index (χ1) is 16.1. The molecule has 1 saturated heterocycles. The van der Waals surface area contributed by atoms with Crippen LogP contribution in [-0.2, 0) is 29.0 Å². The second-order valence-corrected chi connectivity index (χ2v) is 9.05. The number of nitrogens with one attached hydrogen (secondary N) is 1. The average Bonchev–Trinajstić information content (AvgIpc) is 2.97. The van der Waals surface area contributed by atoms with Crippen LogP contribution in [0.1, 0.15) is 43.5 Å². The minimum absolute atomic E-state index is 0.0312. The number of nitrogens with zero attached hydrogens (tertiary/aromatic N) is 3. The van der Waals surface area contributed by atoms with Crippen LogP contribution in [0.3, 0.4) is 0 Å². The average molecular weight is 467 g/mol. The number of benzene rings is 2. The van der Waals surface area contributed by atoms with Gasteiger partial charge in [0, 0.05) is 44.0 Å². The van der Waals surface area contributed by atoms with Crippen LogP contribution < -0.4 is 5.32 Å². The van der Waals surface area contributed by atoms with Crippen LogP contribution in [0.2, 0.25) is 5.02 Å². The van der Waals surface area contributed by atoms with Gasteiger partial charge in [0.05, 0.1) is 17.5 Å². The van der Waals surface area contributed by atoms with Crippen molar-refractivity contribution < 1.29 is 9.59 Å². The van der Waals surface area contributed by atoms with Gasteiger partial charge in [0.15, 0.2) is 0 Å². The first kappa shape index (κ1) is 23.3. The molecule has 0 unspecified atom stereocenters. The molecule has 2 aromatic carbocycles. The number of aromatic nitrogens is 2. The van der Waals surface area contributed by atoms with Crippen LogP contribution in [0.15, 0.2) is 48.5 Å². The predicted octanol–water partition coefficient (Wildman–Crippen LogP) is 4.38. The van der Waals surface area contributed by atoms with Gasteiger partial charge in [-0.3, -0.25) is 9.59 Å². The number of carbonyl (C=O) groups is 2. The SMILES string of the molecule is O=C(Cc1ccc(Cl)cc1)NCCc1nc2ccccc2n1CCC(=O)N1CCCCCC1. The van der Waals surface area contributed by atoms with E-state index in [-0.39, 0.29) is 11.8 Å². The van der Waals surface area contributed by atoms with E-state index >= 15 is 0 Å². The molecular formula is C26H31ClN4O2. The van der Waals surface area contributed by atoms with Crippen molar-refractivity contribution in [2.45, 2.75) is 51.5 Å². The maximum absolute atomic E-state index is 12.8. The summed E-state index contributed by atoms with van der Waals surface area (Å²) in [5.41, 5.74) is 2.88. The summed E-state index contributed by atoms with van der Waals surface area (Å²) in [5.74, 6) is 1.08. The minimum atomic E-state index is -0.0312. The van der Waals surface area contributed by atoms with Gasteiger partial charge in [0.2, 0.25) is 11.8 Å². The number of hydrogen-bond acceptors (Lipinski definition) is 3. The Hall–Kier alpha value is -2.86. The molecule has 7 heteroatoms. The molecule has 0 bridgehead atoms. The summed E-state index contributed by atoms with van der Waals surface area (Å²) in [6.45, 7) is 2.84. The maximum atomic E-state index is 12.8. The zero-order valence-corrected chi connectivity index (χ0v) is 19.7. The van der Waals surface area contributed by atoms with Crippen molar-refractivity contribution in [3.05, 3.63) is 64.9 Å². The maximum Gasteiger partial charge on any atom is 0.224 e. The zero-order valence-electron chi connectivity index (χ0n) is 18.9. The first-order valence-corrected chi connectivity index (χ1v) is 12.2. The highest BCUT2D eigenvalue weighted by atomic mass is 35.5. The molecule has 0 saturated carbocycles. The Labute approximate surface area is 199 Å². The molecule has 4 rings (SSSR count). The number of hydrogen-bond donors (Lipinski definition) is 1. The Morgan fingerprint density at radius 1 is 0.970 bits per heavy atom. The Bertz CT molecular complexity index is 1090. The third kappa shape index (κ3) is 6.35. The molecule has 1 aliphatic heterocycles. The number of aryl methyl sites for hydroxylation is 1. The van der Waals surface area contributed by atoms with Crippen molar-refractivity contribution in [2.24, 2.45) is 0 Å². The summed E-state index contributed by atoms with van der Waals surface area (Å²) in [5, 5.41) is 3.65. The van der Waals surface area contributed by atoms with Gasteiger partial charge in [-0.25, -0.2) is 4.98 Å². The van der Waals surface area contributed by atoms with E-state index in [1.54, 1.807) is 12.1 Å². The molecule has 0 radical (unpaired) electrons. The zero-order chi connectivity index (χ0) is 23.0. The highest BCUT2D eigenvalue weighted by Gasteiger charge is 2.17. The van der Waals surface area contributed by atoms with Crippen LogP contribution in [0.5, 0.6) is 0 Å². The standard InChI is InChI=1S/C26H31ClN4O2/c27-21-11-9-20(10-12-21)19-25(32)28-15-13-24-29-22-7-3-4-8-23(22)31(24)18-14-26(33)30-16-5-1-2-6-17-30/h3-4,7-12H,1-2,5-6,13-19H2,(H,28,32). The molecule has 174 valence electrons. The summed E-state index contributed by atoms with van der Waals surface area (Å²) < 4.78 is 2.14. The smallest absolute Gasteiger partial charge is 0.224 e. The summed E-state index contributed by atoms with van der Waals surface area (Å²) in [4.78, 5) is 32.0. The lowest BCUT2D eigenvalue weighted by Gasteiger charge is -2.20. The molecule has 33 heavy (non-hydrogen) atoms. The third-order valence-electron chi connectivity index (χ3n) is 6.19. The van der Waals surface area contributed by atoms with Gasteiger partial charge >= 0.3 is 0 Å². The van der Waals surface area contributed by atoms with Crippen LogP contribution in [0, 0.1) is 0 Å². The van der Waals surface area contributed by atoms with Crippen molar-refractivity contribution >= 4 is 34.4 Å². The monoisotopic (exact) mass is 466 g/mol. The summed E-state index contributed by atoms with van der Waals surface area (Å²) in [6.07, 6.45) is 6.02. The number of fused-ring (bicyclic) bond motifs is 1. The van der Waals surface area contributed by atoms with Crippen LogP contribution >= 0.6 is 11.6 Å². The highest BCUT2D eigenvalue weighted by Crippen LogP contribution is 2.18. The molecule has 0 atom stereocenters. The predicted molar refractivity (Wildman–Crippen MR) is 131 cm³/mol. The van der Waals surface area contributed by atoms with Gasteiger partial charge in [-0.1, -0.05) is 48.7 Å². The number of likely N-dealkylation sites (tertiary alicyclic amines) is 1. The first-order valence-electron chi connectivity index (χ1n) is 11.8. The molecule has 1 aliphatic rings. The summed E-state index contributed by atoms with van der Waals surface area (Å²) >= 11 is 5.91. The second kappa shape index (κ2) is 11.3. The molecule has 0 aliphatic carbocycles. The summed E-state index contributed by atoms with van der Waals surface area (Å²) in [6, 6.07) is 15.3. The minimum Gasteiger partial charge on any atom is -0.355 e. The Balaban J connectivity index is 1.36. The number of carbonyl (C=O) groups excluding carboxylic acids is 2. The van der Waals surface area contributed by atoms with E-state index < -0.39 is 0 Å². The Morgan fingerprint density at radius 3 is 2.45 bits per heavy atom. The molecule has 1 N–H and O–H groups in total. The number of amides is 2. The van der Waals surface area contributed by atoms with Crippen LogP contribution in [0.4, 0.5) is 0 Å². The Kier molecular flexibility index (Phi) is 8.00. The van der Waals surface area contributed by atoms with E-state index in [2.05, 4.69) is 9.88 Å². The van der Waals surface area contributed by atoms with Crippen molar-refractivity contribution in [2.75, 3.05) is 19.6 Å². The van der Waals surface area contributed by atoms with Crippen molar-refractivity contribution in [3.8, 4) is 0 Å². The molecule has 1 aromatic heterocycles. The van der Waals surface area contributed by atoms with Crippen LogP contribution in [-0.4, -0.2) is 45.9 Å². The van der Waals surface area contributed by atoms with Gasteiger partial charge in [-0.15, -0.1) is 0 Å². The Morgan fingerprint density at radius 2 is 1.70 bits per heavy atom. The van der Waals surface area contributed by atoms with E-state index in [0.29, 0.717) is 37.4 Å². The lowest BCUT2D eigenvalue weighted by molar-refractivity contribution is -0.131. The second-order valence-electron chi connectivity index (χ2n) is 8.62. The van der Waals surface area contributed by atoms with E-state index in [1.165, 1.54) is 12.8 Å². The topological polar surface area (TPSA) is 67.2 Å². The molecule has 2 amide bonds. The lowest BCUT2D eigenvalue weighted by Crippen LogP contribution is -2.32. The van der Waals surface area contributed by atoms with Gasteiger partial charge < -0.3 is 14.8 Å². The van der Waals surface area contributed by atoms with Crippen molar-refractivity contribution in [1.29, 1.82) is 0 Å². The molecular weight excluding hydrogens is 436 g/mol. The van der Waals surface area contributed by atoms with E-state index in [4.69, 9.17) is 16.6 Å². The fourth-order valence-electron chi connectivity index (χ4n) is 4.42. The summed E-state index contributed by atoms with van der Waals surface area (Å²) in [7, 11) is 0. The van der Waals surface area contributed by atoms with Crippen LogP contribution in [0.25, 0.3) is 11.0 Å². The van der Waals surface area contributed by atoms with E-state index in [0.717, 1.165) is 48.4 Å². The largest absolute Gasteiger partial charge is 0.355 e. The van der Waals surface area contributed by atoms with Gasteiger partial charge in [0.1, 0.15) is 5.82 Å². The highest BCUT2D eigenvalue weighted by molar-refractivity contribution is 6.30. The molecule has 2 heterocycles. The van der Waals surface area contributed by atoms with E-state index in [1.807, 2.05) is 41.3 Å². The number of imidazole rings is 1. The molecule has 6 nitrogen and oxygen atoms in total. The molecule has 3 aromatic rings. The molecule has 0 spiro atoms. The van der Waals surface area contributed by atoms with Gasteiger partial charge in [-0.2, -0.15) is 0 Å². The fraction of sp³-hybridized carbons (Fsp3) is 0.423. The van der Waals surface area contributed by atoms with Crippen molar-refractivity contribution in [3.63, 3.8) is 0 Å². The van der Waals surface area contributed by atoms with Gasteiger partial charge in [0.25, 0.3) is 0 Å².